The first-order valence-corrected chi connectivity index (χ1v) is 9.49. The highest BCUT2D eigenvalue weighted by molar-refractivity contribution is 7.99. The predicted octanol–water partition coefficient (Wildman–Crippen LogP) is 3.53. The lowest BCUT2D eigenvalue weighted by Crippen LogP contribution is -2.19. The number of aromatic amines is 1. The maximum atomic E-state index is 11.8. The van der Waals surface area contributed by atoms with Gasteiger partial charge in [-0.2, -0.15) is 5.10 Å². The number of carbonyl (C=O) groups excluding carboxylic acids is 1. The van der Waals surface area contributed by atoms with Crippen LogP contribution in [0.1, 0.15) is 5.56 Å². The fraction of sp³-hybridized carbons (Fsp3) is 0.118. The lowest BCUT2D eigenvalue weighted by molar-refractivity contribution is -0.118. The smallest absolute Gasteiger partial charge is 0.250 e. The summed E-state index contributed by atoms with van der Waals surface area (Å²) in [4.78, 5) is 20.6. The number of nitrogens with one attached hydrogen (secondary N) is 2. The molecule has 0 fully saturated rings. The van der Waals surface area contributed by atoms with Gasteiger partial charge in [0.1, 0.15) is 0 Å². The summed E-state index contributed by atoms with van der Waals surface area (Å²) in [5.74, 6) is 0.0835. The third-order valence-corrected chi connectivity index (χ3v) is 4.84. The molecule has 5 nitrogen and oxygen atoms in total. The molecule has 0 saturated carbocycles. The van der Waals surface area contributed by atoms with E-state index in [2.05, 4.69) is 20.5 Å². The molecule has 0 atom stereocenters. The van der Waals surface area contributed by atoms with Crippen LogP contribution in [0, 0.1) is 0 Å². The molecule has 0 spiro atoms. The minimum absolute atomic E-state index is 0.169. The number of hydrazone groups is 1. The van der Waals surface area contributed by atoms with E-state index in [0.717, 1.165) is 21.8 Å². The van der Waals surface area contributed by atoms with Gasteiger partial charge >= 0.3 is 0 Å². The topological polar surface area (TPSA) is 70.1 Å². The summed E-state index contributed by atoms with van der Waals surface area (Å²) in [6, 6.07) is 15.7. The van der Waals surface area contributed by atoms with Crippen LogP contribution in [0.3, 0.4) is 0 Å². The van der Waals surface area contributed by atoms with Gasteiger partial charge in [-0.25, -0.2) is 10.4 Å². The van der Waals surface area contributed by atoms with Gasteiger partial charge < -0.3 is 4.98 Å². The van der Waals surface area contributed by atoms with Crippen LogP contribution in [0.25, 0.3) is 11.0 Å². The van der Waals surface area contributed by atoms with Gasteiger partial charge in [-0.15, -0.1) is 11.8 Å². The van der Waals surface area contributed by atoms with Crippen LogP contribution in [-0.4, -0.2) is 34.1 Å². The molecule has 122 valence electrons. The Hall–Kier alpha value is -2.25. The molecule has 0 aliphatic rings. The zero-order valence-corrected chi connectivity index (χ0v) is 14.7. The van der Waals surface area contributed by atoms with E-state index in [1.54, 1.807) is 18.0 Å². The van der Waals surface area contributed by atoms with Crippen molar-refractivity contribution < 1.29 is 4.79 Å². The number of nitrogens with zero attached hydrogens (tertiary/aromatic N) is 2. The Balaban J connectivity index is 1.49. The molecular formula is C17H16N4OS2. The molecule has 2 N–H and O–H groups in total. The molecular weight excluding hydrogens is 340 g/mol. The van der Waals surface area contributed by atoms with Crippen LogP contribution >= 0.6 is 23.5 Å². The largest absolute Gasteiger partial charge is 0.333 e. The highest BCUT2D eigenvalue weighted by Crippen LogP contribution is 2.18. The van der Waals surface area contributed by atoms with Crippen molar-refractivity contribution in [2.24, 2.45) is 5.10 Å². The first kappa shape index (κ1) is 16.6. The summed E-state index contributed by atoms with van der Waals surface area (Å²) >= 11 is 3.04. The molecule has 0 radical (unpaired) electrons. The average molecular weight is 356 g/mol. The lowest BCUT2D eigenvalue weighted by Gasteiger charge is -1.99. The molecule has 0 aliphatic heterocycles. The predicted molar refractivity (Wildman–Crippen MR) is 101 cm³/mol. The Kier molecular flexibility index (Phi) is 5.55. The molecule has 24 heavy (non-hydrogen) atoms. The molecule has 1 heterocycles. The molecule has 0 saturated heterocycles. The van der Waals surface area contributed by atoms with Crippen molar-refractivity contribution >= 4 is 46.7 Å². The SMILES string of the molecule is CSc1ccc(C=NNC(=O)CSc2nc3ccccc3[nH]2)cc1. The minimum Gasteiger partial charge on any atom is -0.333 e. The second-order valence-electron chi connectivity index (χ2n) is 4.91. The Morgan fingerprint density at radius 3 is 2.79 bits per heavy atom. The van der Waals surface area contributed by atoms with E-state index < -0.39 is 0 Å². The van der Waals surface area contributed by atoms with Crippen LogP contribution in [-0.2, 0) is 4.79 Å². The van der Waals surface area contributed by atoms with E-state index in [9.17, 15) is 4.79 Å². The molecule has 1 aromatic heterocycles. The normalized spacial score (nSPS) is 11.2. The second kappa shape index (κ2) is 8.03. The number of H-pyrrole nitrogens is 1. The van der Waals surface area contributed by atoms with Crippen molar-refractivity contribution in [3.8, 4) is 0 Å². The van der Waals surface area contributed by atoms with E-state index in [0.29, 0.717) is 0 Å². The van der Waals surface area contributed by atoms with Crippen molar-refractivity contribution in [1.82, 2.24) is 15.4 Å². The van der Waals surface area contributed by atoms with Crippen molar-refractivity contribution in [3.63, 3.8) is 0 Å². The van der Waals surface area contributed by atoms with E-state index in [1.165, 1.54) is 16.7 Å². The van der Waals surface area contributed by atoms with Gasteiger partial charge in [0, 0.05) is 4.90 Å². The number of para-hydroxylation sites is 2. The molecule has 0 aliphatic carbocycles. The third-order valence-electron chi connectivity index (χ3n) is 3.23. The number of hydrogen-bond donors (Lipinski definition) is 2. The average Bonchev–Trinajstić information content (AvgIpc) is 3.03. The number of imidazole rings is 1. The molecule has 1 amide bonds. The van der Waals surface area contributed by atoms with Crippen molar-refractivity contribution in [1.29, 1.82) is 0 Å². The third kappa shape index (κ3) is 4.39. The summed E-state index contributed by atoms with van der Waals surface area (Å²) in [5.41, 5.74) is 5.33. The van der Waals surface area contributed by atoms with Gasteiger partial charge in [0.25, 0.3) is 5.91 Å². The van der Waals surface area contributed by atoms with Crippen LogP contribution in [0.15, 0.2) is 63.7 Å². The standard InChI is InChI=1S/C17H16N4OS2/c1-23-13-8-6-12(7-9-13)10-18-21-16(22)11-24-17-19-14-4-2-3-5-15(14)20-17/h2-10H,11H2,1H3,(H,19,20)(H,21,22). The minimum atomic E-state index is -0.169. The van der Waals surface area contributed by atoms with Gasteiger partial charge in [0.05, 0.1) is 23.0 Å². The van der Waals surface area contributed by atoms with Gasteiger partial charge in [-0.3, -0.25) is 4.79 Å². The van der Waals surface area contributed by atoms with E-state index >= 15 is 0 Å². The monoisotopic (exact) mass is 356 g/mol. The van der Waals surface area contributed by atoms with Crippen LogP contribution in [0.4, 0.5) is 0 Å². The fourth-order valence-corrected chi connectivity index (χ4v) is 3.12. The Morgan fingerprint density at radius 2 is 2.04 bits per heavy atom. The van der Waals surface area contributed by atoms with Crippen LogP contribution < -0.4 is 5.43 Å². The van der Waals surface area contributed by atoms with E-state index in [4.69, 9.17) is 0 Å². The number of hydrogen-bond acceptors (Lipinski definition) is 5. The van der Waals surface area contributed by atoms with Crippen LogP contribution in [0.2, 0.25) is 0 Å². The number of rotatable bonds is 6. The summed E-state index contributed by atoms with van der Waals surface area (Å²) in [5, 5.41) is 4.70. The van der Waals surface area contributed by atoms with Crippen molar-refractivity contribution in [2.75, 3.05) is 12.0 Å². The van der Waals surface area contributed by atoms with E-state index in [1.807, 2.05) is 54.8 Å². The maximum absolute atomic E-state index is 11.8. The van der Waals surface area contributed by atoms with Gasteiger partial charge in [-0.1, -0.05) is 36.0 Å². The summed E-state index contributed by atoms with van der Waals surface area (Å²) in [7, 11) is 0. The number of amides is 1. The molecule has 2 aromatic carbocycles. The Morgan fingerprint density at radius 1 is 1.25 bits per heavy atom. The second-order valence-corrected chi connectivity index (χ2v) is 6.76. The lowest BCUT2D eigenvalue weighted by atomic mass is 10.2. The summed E-state index contributed by atoms with van der Waals surface area (Å²) in [6.45, 7) is 0. The number of carbonyl (C=O) groups is 1. The molecule has 3 rings (SSSR count). The molecule has 0 bridgehead atoms. The molecule has 7 heteroatoms. The van der Waals surface area contributed by atoms with Crippen LogP contribution in [0.5, 0.6) is 0 Å². The molecule has 3 aromatic rings. The number of benzene rings is 2. The summed E-state index contributed by atoms with van der Waals surface area (Å²) in [6.07, 6.45) is 3.66. The van der Waals surface area contributed by atoms with E-state index in [-0.39, 0.29) is 11.7 Å². The summed E-state index contributed by atoms with van der Waals surface area (Å²) < 4.78 is 0. The van der Waals surface area contributed by atoms with Gasteiger partial charge in [-0.05, 0) is 36.1 Å². The quantitative estimate of drug-likeness (QED) is 0.403. The first-order valence-electron chi connectivity index (χ1n) is 7.28. The number of aromatic nitrogens is 2. The first-order chi connectivity index (χ1) is 11.7. The Labute approximate surface area is 148 Å². The fourth-order valence-electron chi connectivity index (χ4n) is 2.03. The van der Waals surface area contributed by atoms with Crippen molar-refractivity contribution in [2.45, 2.75) is 10.1 Å². The van der Waals surface area contributed by atoms with Crippen molar-refractivity contribution in [3.05, 3.63) is 54.1 Å². The van der Waals surface area contributed by atoms with Gasteiger partial charge in [0.15, 0.2) is 5.16 Å². The Bertz CT molecular complexity index is 825. The zero-order chi connectivity index (χ0) is 16.8. The molecule has 0 unspecified atom stereocenters. The maximum Gasteiger partial charge on any atom is 0.250 e. The highest BCUT2D eigenvalue weighted by Gasteiger charge is 2.06. The van der Waals surface area contributed by atoms with Gasteiger partial charge in [0.2, 0.25) is 0 Å². The number of fused-ring (bicyclic) bond motifs is 1. The highest BCUT2D eigenvalue weighted by atomic mass is 32.2. The zero-order valence-electron chi connectivity index (χ0n) is 13.0. The number of thioether (sulfide) groups is 2.